The van der Waals surface area contributed by atoms with Gasteiger partial charge < -0.3 is 14.3 Å². The number of allylic oxidation sites excluding steroid dienone is 5. The molecule has 1 aliphatic carbocycles. The van der Waals surface area contributed by atoms with Crippen LogP contribution in [0.3, 0.4) is 0 Å². The minimum absolute atomic E-state index is 0. The Morgan fingerprint density at radius 2 is 1.74 bits per heavy atom. The summed E-state index contributed by atoms with van der Waals surface area (Å²) in [7, 11) is -2.94. The molecular formula is C25H39K2O6P. The maximum Gasteiger partial charge on any atom is 1.00 e. The van der Waals surface area contributed by atoms with Crippen molar-refractivity contribution in [3.05, 3.63) is 59.3 Å². The number of carbonyl (C=O) groups excluding carboxylic acids is 1. The molecule has 34 heavy (non-hydrogen) atoms. The quantitative estimate of drug-likeness (QED) is 0.0785. The van der Waals surface area contributed by atoms with Crippen molar-refractivity contribution in [2.45, 2.75) is 73.3 Å². The van der Waals surface area contributed by atoms with Crippen LogP contribution in [0.25, 0.3) is 0 Å². The van der Waals surface area contributed by atoms with E-state index in [-0.39, 0.29) is 127 Å². The van der Waals surface area contributed by atoms with Crippen LogP contribution >= 0.6 is 8.60 Å². The minimum Gasteiger partial charge on any atom is -0.820 e. The SMILES string of the molecule is C=C(C)CCC=C(C)C.C=C(C)CCOOC1C=C(C)C(=O)CC1/C(=C\C)COP([O-])[O-].[K+].[K+]. The van der Waals surface area contributed by atoms with E-state index < -0.39 is 14.7 Å². The third kappa shape index (κ3) is 20.9. The third-order valence-electron chi connectivity index (χ3n) is 4.75. The standard InChI is InChI=1S/C16H23O6P.C9H16.2K/c1-5-13(10-21-23(18)19)14-9-15(17)12(4)8-16(14)22-20-7-6-11(2)3;1-8(2)6-5-7-9(3)4;;/h5,8,14,16H,2,6-7,9-10H2,1,3-4H3;7H,1,5-6H2,2-4H3;;/q-2;;2*+1/b13-5-;;;. The van der Waals surface area contributed by atoms with Crippen LogP contribution in [0, 0.1) is 5.92 Å². The van der Waals surface area contributed by atoms with Crippen molar-refractivity contribution in [2.75, 3.05) is 13.2 Å². The molecule has 0 spiro atoms. The van der Waals surface area contributed by atoms with E-state index in [2.05, 4.69) is 44.5 Å². The van der Waals surface area contributed by atoms with E-state index >= 15 is 0 Å². The van der Waals surface area contributed by atoms with E-state index in [0.29, 0.717) is 24.2 Å². The Labute approximate surface area is 293 Å². The molecule has 1 aliphatic rings. The van der Waals surface area contributed by atoms with Crippen LogP contribution in [0.4, 0.5) is 0 Å². The smallest absolute Gasteiger partial charge is 0.820 e. The third-order valence-corrected chi connectivity index (χ3v) is 5.09. The fourth-order valence-corrected chi connectivity index (χ4v) is 3.11. The molecule has 0 aromatic carbocycles. The number of carbonyl (C=O) groups is 1. The fraction of sp³-hybridized carbons (Fsp3) is 0.560. The zero-order valence-electron chi connectivity index (χ0n) is 22.4. The second-order valence-corrected chi connectivity index (χ2v) is 9.02. The van der Waals surface area contributed by atoms with Gasteiger partial charge in [0.15, 0.2) is 5.78 Å². The average molecular weight is 545 g/mol. The molecule has 6 nitrogen and oxygen atoms in total. The van der Waals surface area contributed by atoms with Crippen LogP contribution in [0.15, 0.2) is 59.3 Å². The molecule has 182 valence electrons. The van der Waals surface area contributed by atoms with E-state index in [0.717, 1.165) is 18.4 Å². The van der Waals surface area contributed by atoms with Crippen molar-refractivity contribution in [1.82, 2.24) is 0 Å². The van der Waals surface area contributed by atoms with E-state index in [9.17, 15) is 14.6 Å². The van der Waals surface area contributed by atoms with Gasteiger partial charge in [0.25, 0.3) is 0 Å². The van der Waals surface area contributed by atoms with Gasteiger partial charge in [-0.05, 0) is 78.0 Å². The first-order valence-corrected chi connectivity index (χ1v) is 11.9. The van der Waals surface area contributed by atoms with E-state index in [1.54, 1.807) is 26.0 Å². The molecule has 0 bridgehead atoms. The summed E-state index contributed by atoms with van der Waals surface area (Å²) in [5.41, 5.74) is 4.96. The van der Waals surface area contributed by atoms with Gasteiger partial charge in [-0.1, -0.05) is 28.9 Å². The molecule has 0 saturated carbocycles. The molecule has 0 N–H and O–H groups in total. The van der Waals surface area contributed by atoms with Gasteiger partial charge in [-0.25, -0.2) is 9.78 Å². The van der Waals surface area contributed by atoms with Crippen LogP contribution in [-0.4, -0.2) is 25.1 Å². The molecule has 0 radical (unpaired) electrons. The molecule has 2 atom stereocenters. The first kappa shape index (κ1) is 40.4. The Balaban J connectivity index is -0.000000747. The van der Waals surface area contributed by atoms with Crippen LogP contribution in [0.1, 0.15) is 67.2 Å². The van der Waals surface area contributed by atoms with Gasteiger partial charge in [-0.2, -0.15) is 8.60 Å². The largest absolute Gasteiger partial charge is 1.00 e. The van der Waals surface area contributed by atoms with E-state index in [1.165, 1.54) is 11.1 Å². The van der Waals surface area contributed by atoms with Gasteiger partial charge in [-0.15, -0.1) is 13.2 Å². The fourth-order valence-electron chi connectivity index (χ4n) is 2.85. The van der Waals surface area contributed by atoms with Crippen LogP contribution in [0.5, 0.6) is 0 Å². The van der Waals surface area contributed by atoms with E-state index in [1.807, 2.05) is 6.92 Å². The second-order valence-electron chi connectivity index (χ2n) is 8.31. The molecule has 0 aromatic rings. The molecule has 0 aromatic heterocycles. The van der Waals surface area contributed by atoms with Crippen molar-refractivity contribution >= 4 is 14.4 Å². The van der Waals surface area contributed by atoms with Crippen LogP contribution in [0.2, 0.25) is 0 Å². The first-order chi connectivity index (χ1) is 15.0. The normalized spacial score (nSPS) is 17.5. The number of ketones is 1. The zero-order chi connectivity index (χ0) is 24.7. The number of hydrogen-bond acceptors (Lipinski definition) is 6. The van der Waals surface area contributed by atoms with Crippen molar-refractivity contribution in [1.29, 1.82) is 0 Å². The molecule has 0 amide bonds. The molecule has 0 heterocycles. The van der Waals surface area contributed by atoms with E-state index in [4.69, 9.17) is 9.78 Å². The summed E-state index contributed by atoms with van der Waals surface area (Å²) in [6.45, 7) is 19.6. The van der Waals surface area contributed by atoms with Crippen LogP contribution < -0.4 is 113 Å². The topological polar surface area (TPSA) is 90.9 Å². The van der Waals surface area contributed by atoms with Gasteiger partial charge in [0.2, 0.25) is 0 Å². The minimum atomic E-state index is -2.94. The van der Waals surface area contributed by atoms with Gasteiger partial charge in [-0.3, -0.25) is 4.79 Å². The summed E-state index contributed by atoms with van der Waals surface area (Å²) < 4.78 is 4.66. The maximum atomic E-state index is 12.0. The summed E-state index contributed by atoms with van der Waals surface area (Å²) in [6.07, 6.45) is 8.42. The van der Waals surface area contributed by atoms with Crippen LogP contribution in [-0.2, 0) is 19.1 Å². The van der Waals surface area contributed by atoms with Crippen molar-refractivity contribution < 1.29 is 132 Å². The molecule has 0 aliphatic heterocycles. The number of rotatable bonds is 12. The summed E-state index contributed by atoms with van der Waals surface area (Å²) in [5, 5.41) is 0. The summed E-state index contributed by atoms with van der Waals surface area (Å²) in [5.74, 6) is -0.307. The van der Waals surface area contributed by atoms with Gasteiger partial charge in [0, 0.05) is 12.3 Å². The summed E-state index contributed by atoms with van der Waals surface area (Å²) >= 11 is 0. The van der Waals surface area contributed by atoms with Crippen molar-refractivity contribution in [3.8, 4) is 0 Å². The molecule has 9 heteroatoms. The Hall–Kier alpha value is 1.87. The Bertz CT molecular complexity index is 712. The Morgan fingerprint density at radius 3 is 2.21 bits per heavy atom. The Kier molecular flexibility index (Phi) is 28.4. The monoisotopic (exact) mass is 544 g/mol. The second kappa shape index (κ2) is 24.0. The molecule has 1 rings (SSSR count). The number of Topliss-reactive ketones (excluding diaryl/α,β-unsaturated/α-hetero) is 1. The number of hydrogen-bond donors (Lipinski definition) is 0. The molecular weight excluding hydrogens is 505 g/mol. The predicted octanol–water partition coefficient (Wildman–Crippen LogP) is -0.968. The predicted molar refractivity (Wildman–Crippen MR) is 127 cm³/mol. The van der Waals surface area contributed by atoms with Crippen molar-refractivity contribution in [2.24, 2.45) is 5.92 Å². The molecule has 0 fully saturated rings. The molecule has 2 unspecified atom stereocenters. The van der Waals surface area contributed by atoms with Gasteiger partial charge in [0.1, 0.15) is 6.10 Å². The summed E-state index contributed by atoms with van der Waals surface area (Å²) in [4.78, 5) is 43.9. The average Bonchev–Trinajstić information content (AvgIpc) is 2.68. The van der Waals surface area contributed by atoms with Crippen molar-refractivity contribution in [3.63, 3.8) is 0 Å². The van der Waals surface area contributed by atoms with Gasteiger partial charge >= 0.3 is 103 Å². The zero-order valence-corrected chi connectivity index (χ0v) is 29.6. The van der Waals surface area contributed by atoms with Gasteiger partial charge in [0.05, 0.1) is 13.2 Å². The Morgan fingerprint density at radius 1 is 1.15 bits per heavy atom. The first-order valence-electron chi connectivity index (χ1n) is 10.8. The molecule has 0 saturated heterocycles. The summed E-state index contributed by atoms with van der Waals surface area (Å²) in [6, 6.07) is 0. The maximum absolute atomic E-state index is 12.0.